The molecule has 0 bridgehead atoms. The highest BCUT2D eigenvalue weighted by molar-refractivity contribution is 6.14. The van der Waals surface area contributed by atoms with Crippen LogP contribution in [0.3, 0.4) is 0 Å². The summed E-state index contributed by atoms with van der Waals surface area (Å²) >= 11 is 0. The first-order valence-electron chi connectivity index (χ1n) is 4.80. The van der Waals surface area contributed by atoms with Crippen LogP contribution in [0.4, 0.5) is 4.39 Å². The lowest BCUT2D eigenvalue weighted by Crippen LogP contribution is -1.95. The number of carboxylic acids is 1. The average molecular weight is 233 g/mol. The van der Waals surface area contributed by atoms with Crippen LogP contribution in [0, 0.1) is 5.82 Å². The highest BCUT2D eigenvalue weighted by Crippen LogP contribution is 2.20. The van der Waals surface area contributed by atoms with Crippen molar-refractivity contribution >= 4 is 22.7 Å². The molecule has 0 aliphatic heterocycles. The molecule has 0 saturated carbocycles. The van der Waals surface area contributed by atoms with Gasteiger partial charge in [0.05, 0.1) is 0 Å². The lowest BCUT2D eigenvalue weighted by atomic mass is 10.1. The Hall–Kier alpha value is -2.43. The summed E-state index contributed by atoms with van der Waals surface area (Å²) in [6, 6.07) is 4.02. The summed E-state index contributed by atoms with van der Waals surface area (Å²) in [5, 5.41) is 8.85. The van der Waals surface area contributed by atoms with Gasteiger partial charge >= 0.3 is 5.97 Å². The molecule has 5 heteroatoms. The second kappa shape index (κ2) is 4.21. The maximum Gasteiger partial charge on any atom is 0.328 e. The normalized spacial score (nSPS) is 11.1. The number of benzene rings is 1. The molecule has 2 aromatic rings. The Morgan fingerprint density at radius 2 is 2.06 bits per heavy atom. The van der Waals surface area contributed by atoms with E-state index >= 15 is 0 Å². The van der Waals surface area contributed by atoms with Crippen LogP contribution in [0.25, 0.3) is 10.9 Å². The Balaban J connectivity index is 2.45. The zero-order chi connectivity index (χ0) is 12.4. The molecular formula is C12H8FNO3. The van der Waals surface area contributed by atoms with Gasteiger partial charge in [-0.25, -0.2) is 9.18 Å². The van der Waals surface area contributed by atoms with E-state index in [4.69, 9.17) is 5.11 Å². The SMILES string of the molecule is O=C(O)C=CC(=O)c1c[nH]c2ccc(F)cc12. The zero-order valence-corrected chi connectivity index (χ0v) is 8.61. The van der Waals surface area contributed by atoms with Crippen molar-refractivity contribution in [3.63, 3.8) is 0 Å². The Morgan fingerprint density at radius 1 is 1.29 bits per heavy atom. The number of carboxylic acid groups (broad SMARTS) is 1. The molecule has 0 amide bonds. The molecule has 0 spiro atoms. The molecule has 4 nitrogen and oxygen atoms in total. The minimum absolute atomic E-state index is 0.247. The predicted molar refractivity (Wildman–Crippen MR) is 59.4 cm³/mol. The number of rotatable bonds is 3. The maximum atomic E-state index is 13.0. The maximum absolute atomic E-state index is 13.0. The molecule has 0 radical (unpaired) electrons. The molecular weight excluding hydrogens is 225 g/mol. The number of aromatic amines is 1. The molecule has 86 valence electrons. The van der Waals surface area contributed by atoms with Crippen LogP contribution < -0.4 is 0 Å². The third-order valence-corrected chi connectivity index (χ3v) is 2.29. The van der Waals surface area contributed by atoms with Crippen molar-refractivity contribution in [2.75, 3.05) is 0 Å². The standard InChI is InChI=1S/C12H8FNO3/c13-7-1-2-10-8(5-7)9(6-14-10)11(15)3-4-12(16)17/h1-6,14H,(H,16,17). The van der Waals surface area contributed by atoms with E-state index in [0.717, 1.165) is 12.2 Å². The van der Waals surface area contributed by atoms with E-state index in [2.05, 4.69) is 4.98 Å². The van der Waals surface area contributed by atoms with Gasteiger partial charge in [-0.2, -0.15) is 0 Å². The van der Waals surface area contributed by atoms with Gasteiger partial charge in [0, 0.05) is 28.7 Å². The number of carbonyl (C=O) groups is 2. The van der Waals surface area contributed by atoms with Gasteiger partial charge in [0.25, 0.3) is 0 Å². The molecule has 0 atom stereocenters. The van der Waals surface area contributed by atoms with E-state index in [1.54, 1.807) is 0 Å². The number of hydrogen-bond acceptors (Lipinski definition) is 2. The number of H-pyrrole nitrogens is 1. The number of aromatic nitrogens is 1. The second-order valence-electron chi connectivity index (χ2n) is 3.43. The van der Waals surface area contributed by atoms with Gasteiger partial charge in [-0.1, -0.05) is 0 Å². The predicted octanol–water partition coefficient (Wildman–Crippen LogP) is 2.13. The lowest BCUT2D eigenvalue weighted by Gasteiger charge is -1.93. The number of ketones is 1. The molecule has 2 rings (SSSR count). The van der Waals surface area contributed by atoms with E-state index in [1.165, 1.54) is 24.4 Å². The summed E-state index contributed by atoms with van der Waals surface area (Å²) in [6.45, 7) is 0. The summed E-state index contributed by atoms with van der Waals surface area (Å²) in [5.74, 6) is -2.14. The van der Waals surface area contributed by atoms with Crippen molar-refractivity contribution in [2.24, 2.45) is 0 Å². The van der Waals surface area contributed by atoms with Crippen LogP contribution in [0.15, 0.2) is 36.5 Å². The Morgan fingerprint density at radius 3 is 2.76 bits per heavy atom. The van der Waals surface area contributed by atoms with Crippen molar-refractivity contribution < 1.29 is 19.1 Å². The Labute approximate surface area is 95.4 Å². The van der Waals surface area contributed by atoms with E-state index in [0.29, 0.717) is 10.9 Å². The fourth-order valence-corrected chi connectivity index (χ4v) is 1.53. The molecule has 0 unspecified atom stereocenters. The summed E-state index contributed by atoms with van der Waals surface area (Å²) in [6.07, 6.45) is 3.12. The van der Waals surface area contributed by atoms with Gasteiger partial charge in [-0.15, -0.1) is 0 Å². The van der Waals surface area contributed by atoms with E-state index in [1.807, 2.05) is 0 Å². The largest absolute Gasteiger partial charge is 0.478 e. The van der Waals surface area contributed by atoms with Crippen molar-refractivity contribution in [3.8, 4) is 0 Å². The van der Waals surface area contributed by atoms with Gasteiger partial charge in [-0.3, -0.25) is 4.79 Å². The van der Waals surface area contributed by atoms with Gasteiger partial charge in [0.2, 0.25) is 0 Å². The number of fused-ring (bicyclic) bond motifs is 1. The number of carbonyl (C=O) groups excluding carboxylic acids is 1. The highest BCUT2D eigenvalue weighted by atomic mass is 19.1. The molecule has 1 aromatic heterocycles. The summed E-state index contributed by atoms with van der Waals surface area (Å²) in [4.78, 5) is 24.7. The minimum atomic E-state index is -1.20. The highest BCUT2D eigenvalue weighted by Gasteiger charge is 2.10. The number of nitrogens with one attached hydrogen (secondary N) is 1. The molecule has 0 saturated heterocycles. The van der Waals surface area contributed by atoms with Crippen LogP contribution in [-0.2, 0) is 4.79 Å². The van der Waals surface area contributed by atoms with Crippen LogP contribution in [-0.4, -0.2) is 21.8 Å². The van der Waals surface area contributed by atoms with Crippen molar-refractivity contribution in [1.29, 1.82) is 0 Å². The fraction of sp³-hybridized carbons (Fsp3) is 0. The second-order valence-corrected chi connectivity index (χ2v) is 3.43. The van der Waals surface area contributed by atoms with E-state index < -0.39 is 17.6 Å². The summed E-state index contributed by atoms with van der Waals surface area (Å²) in [7, 11) is 0. The first kappa shape index (κ1) is 11.1. The third-order valence-electron chi connectivity index (χ3n) is 2.29. The zero-order valence-electron chi connectivity index (χ0n) is 8.61. The first-order chi connectivity index (χ1) is 8.08. The van der Waals surface area contributed by atoms with Crippen molar-refractivity contribution in [2.45, 2.75) is 0 Å². The fourth-order valence-electron chi connectivity index (χ4n) is 1.53. The van der Waals surface area contributed by atoms with Gasteiger partial charge < -0.3 is 10.1 Å². The molecule has 1 aromatic carbocycles. The van der Waals surface area contributed by atoms with Gasteiger partial charge in [-0.05, 0) is 24.3 Å². The third kappa shape index (κ3) is 2.23. The minimum Gasteiger partial charge on any atom is -0.478 e. The van der Waals surface area contributed by atoms with Crippen LogP contribution >= 0.6 is 0 Å². The number of halogens is 1. The molecule has 0 aliphatic rings. The summed E-state index contributed by atoms with van der Waals surface area (Å²) in [5.41, 5.74) is 0.871. The van der Waals surface area contributed by atoms with Crippen LogP contribution in [0.5, 0.6) is 0 Å². The molecule has 0 aliphatic carbocycles. The smallest absolute Gasteiger partial charge is 0.328 e. The average Bonchev–Trinajstić information content (AvgIpc) is 2.68. The van der Waals surface area contributed by atoms with Crippen LogP contribution in [0.1, 0.15) is 10.4 Å². The van der Waals surface area contributed by atoms with Crippen molar-refractivity contribution in [1.82, 2.24) is 4.98 Å². The van der Waals surface area contributed by atoms with Crippen LogP contribution in [0.2, 0.25) is 0 Å². The summed E-state index contributed by atoms with van der Waals surface area (Å²) < 4.78 is 13.0. The number of aliphatic carboxylic acids is 1. The van der Waals surface area contributed by atoms with Gasteiger partial charge in [0.1, 0.15) is 5.82 Å². The quantitative estimate of drug-likeness (QED) is 0.630. The topological polar surface area (TPSA) is 70.2 Å². The van der Waals surface area contributed by atoms with E-state index in [-0.39, 0.29) is 5.56 Å². The first-order valence-corrected chi connectivity index (χ1v) is 4.80. The number of hydrogen-bond donors (Lipinski definition) is 2. The van der Waals surface area contributed by atoms with Gasteiger partial charge in [0.15, 0.2) is 5.78 Å². The van der Waals surface area contributed by atoms with E-state index in [9.17, 15) is 14.0 Å². The molecule has 2 N–H and O–H groups in total. The molecule has 0 fully saturated rings. The van der Waals surface area contributed by atoms with Crippen molar-refractivity contribution in [3.05, 3.63) is 47.9 Å². The Kier molecular flexibility index (Phi) is 2.74. The lowest BCUT2D eigenvalue weighted by molar-refractivity contribution is -0.131. The number of allylic oxidation sites excluding steroid dienone is 1. The molecule has 1 heterocycles. The molecule has 17 heavy (non-hydrogen) atoms. The Bertz CT molecular complexity index is 628. The monoisotopic (exact) mass is 233 g/mol.